The van der Waals surface area contributed by atoms with Crippen molar-refractivity contribution in [1.29, 1.82) is 0 Å². The molecule has 2 aliphatic rings. The molecule has 0 spiro atoms. The highest BCUT2D eigenvalue weighted by molar-refractivity contribution is 6.34. The maximum atomic E-state index is 16.2. The summed E-state index contributed by atoms with van der Waals surface area (Å²) in [6, 6.07) is 4.19. The lowest BCUT2D eigenvalue weighted by molar-refractivity contribution is -0.132. The molecule has 1 N–H and O–H groups in total. The number of carbonyl (C=O) groups excluding carboxylic acids is 1. The Morgan fingerprint density at radius 2 is 1.88 bits per heavy atom. The SMILES string of the molecule is C=CC(=O)N1C[C@@H](C)N(c2nc(OCCN3CC(F)(F)C3)nc3c(F)c(-c4c(O)cccc4F)c(Cl)cc23)[C@@H](C)C1. The molecule has 2 fully saturated rings. The number of hydrogen-bond donors (Lipinski definition) is 1. The van der Waals surface area contributed by atoms with E-state index in [0.717, 1.165) is 6.07 Å². The molecule has 0 unspecified atom stereocenters. The smallest absolute Gasteiger partial charge is 0.319 e. The first kappa shape index (κ1) is 28.9. The van der Waals surface area contributed by atoms with Crippen molar-refractivity contribution in [3.8, 4) is 22.9 Å². The first-order chi connectivity index (χ1) is 19.4. The van der Waals surface area contributed by atoms with Gasteiger partial charge in [0.05, 0.1) is 23.7 Å². The van der Waals surface area contributed by atoms with Gasteiger partial charge in [-0.3, -0.25) is 9.69 Å². The number of ether oxygens (including phenoxy) is 1. The van der Waals surface area contributed by atoms with Crippen LogP contribution >= 0.6 is 11.6 Å². The molecule has 2 aliphatic heterocycles. The second-order valence-electron chi connectivity index (χ2n) is 10.4. The van der Waals surface area contributed by atoms with Crippen molar-refractivity contribution >= 4 is 34.2 Å². The van der Waals surface area contributed by atoms with Gasteiger partial charge in [-0.1, -0.05) is 24.2 Å². The summed E-state index contributed by atoms with van der Waals surface area (Å²) in [5.41, 5.74) is -1.03. The van der Waals surface area contributed by atoms with E-state index in [1.807, 2.05) is 18.7 Å². The molecular formula is C28H28ClF4N5O3. The highest BCUT2D eigenvalue weighted by Gasteiger charge is 2.43. The summed E-state index contributed by atoms with van der Waals surface area (Å²) < 4.78 is 63.1. The highest BCUT2D eigenvalue weighted by Crippen LogP contribution is 2.43. The van der Waals surface area contributed by atoms with E-state index < -0.39 is 28.9 Å². The van der Waals surface area contributed by atoms with Crippen molar-refractivity contribution in [3.63, 3.8) is 0 Å². The quantitative estimate of drug-likeness (QED) is 0.309. The molecule has 5 rings (SSSR count). The van der Waals surface area contributed by atoms with Gasteiger partial charge in [-0.15, -0.1) is 0 Å². The minimum absolute atomic E-state index is 0.0378. The number of phenolic OH excluding ortho intramolecular Hbond substituents is 1. The molecule has 0 aliphatic carbocycles. The standard InChI is InChI=1S/C28H28ClF4N5O3/c1-4-21(40)37-11-15(2)38(16(3)12-37)26-17-10-18(29)22(23-19(30)6-5-7-20(23)39)24(31)25(17)34-27(35-26)41-9-8-36-13-28(32,33)14-36/h4-7,10,15-16,39H,1,8-9,11-14H2,2-3H3/t15-,16+. The summed E-state index contributed by atoms with van der Waals surface area (Å²) >= 11 is 6.50. The average molecular weight is 594 g/mol. The van der Waals surface area contributed by atoms with Crippen LogP contribution in [0.25, 0.3) is 22.0 Å². The first-order valence-electron chi connectivity index (χ1n) is 13.0. The largest absolute Gasteiger partial charge is 0.507 e. The van der Waals surface area contributed by atoms with E-state index in [2.05, 4.69) is 16.5 Å². The van der Waals surface area contributed by atoms with E-state index in [4.69, 9.17) is 16.3 Å². The van der Waals surface area contributed by atoms with Gasteiger partial charge in [-0.05, 0) is 38.1 Å². The third kappa shape index (κ3) is 5.50. The molecule has 1 aromatic heterocycles. The molecule has 2 saturated heterocycles. The van der Waals surface area contributed by atoms with Crippen molar-refractivity contribution in [2.75, 3.05) is 44.2 Å². The van der Waals surface area contributed by atoms with E-state index >= 15 is 4.39 Å². The number of carbonyl (C=O) groups is 1. The fraction of sp³-hybridized carbons (Fsp3) is 0.393. The number of aromatic nitrogens is 2. The van der Waals surface area contributed by atoms with Crippen LogP contribution in [0.5, 0.6) is 11.8 Å². The van der Waals surface area contributed by atoms with Crippen LogP contribution in [0.1, 0.15) is 13.8 Å². The summed E-state index contributed by atoms with van der Waals surface area (Å²) in [6.45, 7) is 7.34. The number of likely N-dealkylation sites (tertiary alicyclic amines) is 1. The van der Waals surface area contributed by atoms with Crippen LogP contribution in [0.3, 0.4) is 0 Å². The van der Waals surface area contributed by atoms with Crippen LogP contribution in [0, 0.1) is 11.6 Å². The van der Waals surface area contributed by atoms with Gasteiger partial charge >= 0.3 is 6.01 Å². The second kappa shape index (κ2) is 11.0. The van der Waals surface area contributed by atoms with Crippen molar-refractivity contribution in [2.24, 2.45) is 0 Å². The Balaban J connectivity index is 1.59. The lowest BCUT2D eigenvalue weighted by Crippen LogP contribution is -2.58. The Morgan fingerprint density at radius 3 is 2.49 bits per heavy atom. The summed E-state index contributed by atoms with van der Waals surface area (Å²) in [7, 11) is 0. The van der Waals surface area contributed by atoms with Gasteiger partial charge in [0.2, 0.25) is 5.91 Å². The fourth-order valence-electron chi connectivity index (χ4n) is 5.49. The summed E-state index contributed by atoms with van der Waals surface area (Å²) in [4.78, 5) is 26.2. The van der Waals surface area contributed by atoms with Crippen LogP contribution in [0.4, 0.5) is 23.4 Å². The predicted octanol–water partition coefficient (Wildman–Crippen LogP) is 4.88. The number of rotatable bonds is 7. The zero-order valence-electron chi connectivity index (χ0n) is 22.4. The van der Waals surface area contributed by atoms with Gasteiger partial charge in [-0.25, -0.2) is 17.6 Å². The number of phenols is 1. The Morgan fingerprint density at radius 1 is 1.20 bits per heavy atom. The number of halogens is 5. The number of hydrogen-bond acceptors (Lipinski definition) is 7. The molecule has 0 radical (unpaired) electrons. The topological polar surface area (TPSA) is 82.0 Å². The van der Waals surface area contributed by atoms with Crippen molar-refractivity contribution in [1.82, 2.24) is 19.8 Å². The lowest BCUT2D eigenvalue weighted by atomic mass is 10.00. The minimum atomic E-state index is -2.73. The monoisotopic (exact) mass is 593 g/mol. The van der Waals surface area contributed by atoms with Gasteiger partial charge < -0.3 is 19.6 Å². The molecule has 8 nitrogen and oxygen atoms in total. The van der Waals surface area contributed by atoms with Crippen molar-refractivity contribution < 1.29 is 32.2 Å². The molecule has 0 bridgehead atoms. The second-order valence-corrected chi connectivity index (χ2v) is 10.8. The van der Waals surface area contributed by atoms with Crippen LogP contribution in [-0.2, 0) is 4.79 Å². The Labute approximate surface area is 238 Å². The number of fused-ring (bicyclic) bond motifs is 1. The summed E-state index contributed by atoms with van der Waals surface area (Å²) in [6.07, 6.45) is 1.24. The number of nitrogens with zero attached hydrogens (tertiary/aromatic N) is 5. The number of anilines is 1. The zero-order chi connectivity index (χ0) is 29.6. The van der Waals surface area contributed by atoms with Crippen LogP contribution < -0.4 is 9.64 Å². The normalized spacial score (nSPS) is 20.7. The number of aromatic hydroxyl groups is 1. The van der Waals surface area contributed by atoms with Crippen molar-refractivity contribution in [2.45, 2.75) is 31.9 Å². The molecule has 41 heavy (non-hydrogen) atoms. The van der Waals surface area contributed by atoms with E-state index in [9.17, 15) is 23.1 Å². The van der Waals surface area contributed by atoms with Crippen LogP contribution in [0.2, 0.25) is 5.02 Å². The molecule has 13 heteroatoms. The van der Waals surface area contributed by atoms with E-state index in [1.54, 1.807) is 4.90 Å². The molecule has 3 aromatic rings. The van der Waals surface area contributed by atoms with Gasteiger partial charge in [0.15, 0.2) is 5.82 Å². The van der Waals surface area contributed by atoms with Crippen molar-refractivity contribution in [3.05, 3.63) is 53.6 Å². The number of alkyl halides is 2. The van der Waals surface area contributed by atoms with E-state index in [0.29, 0.717) is 13.1 Å². The third-order valence-electron chi connectivity index (χ3n) is 7.28. The van der Waals surface area contributed by atoms with Crippen LogP contribution in [-0.4, -0.2) is 88.1 Å². The molecule has 218 valence electrons. The zero-order valence-corrected chi connectivity index (χ0v) is 23.1. The minimum Gasteiger partial charge on any atom is -0.507 e. The lowest BCUT2D eigenvalue weighted by Gasteiger charge is -2.45. The molecular weight excluding hydrogens is 566 g/mol. The Hall–Kier alpha value is -3.64. The predicted molar refractivity (Wildman–Crippen MR) is 147 cm³/mol. The van der Waals surface area contributed by atoms with Gasteiger partial charge in [0, 0.05) is 42.7 Å². The van der Waals surface area contributed by atoms with Gasteiger partial charge in [0.25, 0.3) is 5.92 Å². The number of benzene rings is 2. The van der Waals surface area contributed by atoms with E-state index in [1.165, 1.54) is 29.2 Å². The Kier molecular flexibility index (Phi) is 7.73. The van der Waals surface area contributed by atoms with Gasteiger partial charge in [0.1, 0.15) is 29.5 Å². The Bertz CT molecular complexity index is 1480. The maximum Gasteiger partial charge on any atom is 0.319 e. The molecule has 1 amide bonds. The van der Waals surface area contributed by atoms with Crippen LogP contribution in [0.15, 0.2) is 36.9 Å². The average Bonchev–Trinajstić information content (AvgIpc) is 2.88. The van der Waals surface area contributed by atoms with Gasteiger partial charge in [-0.2, -0.15) is 9.97 Å². The number of amides is 1. The molecule has 2 atom stereocenters. The molecule has 2 aromatic carbocycles. The molecule has 0 saturated carbocycles. The first-order valence-corrected chi connectivity index (χ1v) is 13.4. The van der Waals surface area contributed by atoms with E-state index in [-0.39, 0.29) is 77.5 Å². The fourth-order valence-corrected chi connectivity index (χ4v) is 5.78. The summed E-state index contributed by atoms with van der Waals surface area (Å²) in [5.74, 6) is -5.06. The third-order valence-corrected chi connectivity index (χ3v) is 7.58. The number of piperazine rings is 1. The molecule has 3 heterocycles. The highest BCUT2D eigenvalue weighted by atomic mass is 35.5. The summed E-state index contributed by atoms with van der Waals surface area (Å²) in [5, 5.41) is 10.4. The maximum absolute atomic E-state index is 16.2.